The Morgan fingerprint density at radius 1 is 0.968 bits per heavy atom. The van der Waals surface area contributed by atoms with Gasteiger partial charge in [-0.1, -0.05) is 30.3 Å². The van der Waals surface area contributed by atoms with Crippen molar-refractivity contribution in [1.29, 1.82) is 0 Å². The summed E-state index contributed by atoms with van der Waals surface area (Å²) in [5.74, 6) is -0.169. The third kappa shape index (κ3) is 5.75. The van der Waals surface area contributed by atoms with Crippen molar-refractivity contribution in [3.8, 4) is 0 Å². The lowest BCUT2D eigenvalue weighted by Gasteiger charge is -2.32. The molecule has 3 nitrogen and oxygen atoms in total. The van der Waals surface area contributed by atoms with Gasteiger partial charge in [-0.3, -0.25) is 9.78 Å². The van der Waals surface area contributed by atoms with Crippen LogP contribution in [0.15, 0.2) is 66.7 Å². The number of halogens is 2. The van der Waals surface area contributed by atoms with Gasteiger partial charge in [-0.15, -0.1) is 0 Å². The molecule has 0 saturated carbocycles. The molecule has 2 heterocycles. The Bertz CT molecular complexity index is 1040. The van der Waals surface area contributed by atoms with E-state index in [2.05, 4.69) is 0 Å². The first-order chi connectivity index (χ1) is 15.1. The molecule has 4 rings (SSSR count). The van der Waals surface area contributed by atoms with Gasteiger partial charge in [0.2, 0.25) is 5.91 Å². The molecular formula is C26H26F2N2O. The van der Waals surface area contributed by atoms with Crippen molar-refractivity contribution in [3.63, 3.8) is 0 Å². The molecule has 160 valence electrons. The number of carbonyl (C=O) groups excluding carboxylic acids is 1. The van der Waals surface area contributed by atoms with Crippen LogP contribution in [0.25, 0.3) is 0 Å². The minimum Gasteiger partial charge on any atom is -0.342 e. The Kier molecular flexibility index (Phi) is 6.70. The number of benzene rings is 2. The van der Waals surface area contributed by atoms with Gasteiger partial charge in [-0.2, -0.15) is 0 Å². The average Bonchev–Trinajstić information content (AvgIpc) is 2.79. The van der Waals surface area contributed by atoms with E-state index in [0.29, 0.717) is 25.8 Å². The molecule has 0 aliphatic carbocycles. The molecule has 1 aromatic heterocycles. The fraction of sp³-hybridized carbons (Fsp3) is 0.308. The van der Waals surface area contributed by atoms with Gasteiger partial charge in [-0.05, 0) is 66.8 Å². The number of rotatable bonds is 6. The predicted octanol–water partition coefficient (Wildman–Crippen LogP) is 5.29. The molecule has 0 radical (unpaired) electrons. The summed E-state index contributed by atoms with van der Waals surface area (Å²) in [5, 5.41) is 0. The zero-order valence-corrected chi connectivity index (χ0v) is 17.4. The maximum absolute atomic E-state index is 13.5. The first-order valence-corrected chi connectivity index (χ1v) is 10.8. The molecule has 1 aliphatic heterocycles. The summed E-state index contributed by atoms with van der Waals surface area (Å²) < 4.78 is 26.5. The summed E-state index contributed by atoms with van der Waals surface area (Å²) in [4.78, 5) is 19.5. The van der Waals surface area contributed by atoms with E-state index in [1.165, 1.54) is 24.3 Å². The number of amides is 1. The largest absolute Gasteiger partial charge is 0.342 e. The number of pyridine rings is 1. The van der Waals surface area contributed by atoms with Crippen LogP contribution in [-0.2, 0) is 17.6 Å². The van der Waals surface area contributed by atoms with Gasteiger partial charge in [0.05, 0.1) is 0 Å². The van der Waals surface area contributed by atoms with E-state index in [1.807, 2.05) is 29.2 Å². The van der Waals surface area contributed by atoms with Gasteiger partial charge < -0.3 is 4.90 Å². The molecule has 1 fully saturated rings. The Morgan fingerprint density at radius 3 is 2.58 bits per heavy atom. The summed E-state index contributed by atoms with van der Waals surface area (Å²) in [6.07, 6.45) is 3.56. The zero-order valence-electron chi connectivity index (χ0n) is 17.4. The van der Waals surface area contributed by atoms with Gasteiger partial charge in [0.25, 0.3) is 0 Å². The summed E-state index contributed by atoms with van der Waals surface area (Å²) in [5.41, 5.74) is 3.76. The smallest absolute Gasteiger partial charge is 0.222 e. The molecular weight excluding hydrogens is 394 g/mol. The van der Waals surface area contributed by atoms with Gasteiger partial charge >= 0.3 is 0 Å². The molecule has 3 aromatic rings. The quantitative estimate of drug-likeness (QED) is 0.543. The van der Waals surface area contributed by atoms with Crippen molar-refractivity contribution in [2.75, 3.05) is 13.1 Å². The Morgan fingerprint density at radius 2 is 1.77 bits per heavy atom. The fourth-order valence-corrected chi connectivity index (χ4v) is 4.19. The van der Waals surface area contributed by atoms with Crippen LogP contribution >= 0.6 is 0 Å². The molecule has 1 saturated heterocycles. The number of piperidine rings is 1. The lowest BCUT2D eigenvalue weighted by atomic mass is 9.93. The number of hydrogen-bond donors (Lipinski definition) is 0. The number of hydrogen-bond acceptors (Lipinski definition) is 2. The van der Waals surface area contributed by atoms with Gasteiger partial charge in [0.15, 0.2) is 0 Å². The molecule has 1 amide bonds. The lowest BCUT2D eigenvalue weighted by Crippen LogP contribution is -2.39. The van der Waals surface area contributed by atoms with Crippen LogP contribution in [-0.4, -0.2) is 28.9 Å². The van der Waals surface area contributed by atoms with Crippen molar-refractivity contribution in [2.45, 2.75) is 38.0 Å². The molecule has 0 bridgehead atoms. The second kappa shape index (κ2) is 9.82. The van der Waals surface area contributed by atoms with E-state index in [9.17, 15) is 13.6 Å². The van der Waals surface area contributed by atoms with Crippen LogP contribution in [0.1, 0.15) is 47.7 Å². The van der Waals surface area contributed by atoms with Crippen molar-refractivity contribution in [3.05, 3.63) is 101 Å². The monoisotopic (exact) mass is 420 g/mol. The van der Waals surface area contributed by atoms with Crippen molar-refractivity contribution in [2.24, 2.45) is 0 Å². The summed E-state index contributed by atoms with van der Waals surface area (Å²) in [6, 6.07) is 18.9. The summed E-state index contributed by atoms with van der Waals surface area (Å²) in [6.45, 7) is 1.43. The van der Waals surface area contributed by atoms with E-state index < -0.39 is 0 Å². The number of aromatic nitrogens is 1. The minimum atomic E-state index is -0.263. The fourth-order valence-electron chi connectivity index (χ4n) is 4.19. The molecule has 2 aromatic carbocycles. The number of nitrogens with zero attached hydrogens (tertiary/aromatic N) is 2. The molecule has 0 spiro atoms. The standard InChI is InChI=1S/C26H26F2N2O/c27-22-12-9-19(10-13-22)11-14-26(31)30-15-3-5-21(18-30)25-8-2-7-24(29-25)17-20-4-1-6-23(28)16-20/h1-2,4,6-10,12-13,16,21H,3,5,11,14-15,17-18H2. The number of carbonyl (C=O) groups is 1. The SMILES string of the molecule is O=C(CCc1ccc(F)cc1)N1CCCC(c2cccc(Cc3cccc(F)c3)n2)C1. The Labute approximate surface area is 181 Å². The highest BCUT2D eigenvalue weighted by Gasteiger charge is 2.25. The third-order valence-corrected chi connectivity index (χ3v) is 5.84. The van der Waals surface area contributed by atoms with Crippen LogP contribution in [0.5, 0.6) is 0 Å². The second-order valence-electron chi connectivity index (χ2n) is 8.17. The first-order valence-electron chi connectivity index (χ1n) is 10.8. The highest BCUT2D eigenvalue weighted by Crippen LogP contribution is 2.26. The van der Waals surface area contributed by atoms with E-state index in [-0.39, 0.29) is 23.5 Å². The number of aryl methyl sites for hydroxylation is 1. The van der Waals surface area contributed by atoms with Crippen LogP contribution in [0, 0.1) is 11.6 Å². The summed E-state index contributed by atoms with van der Waals surface area (Å²) in [7, 11) is 0. The Hall–Kier alpha value is -3.08. The average molecular weight is 421 g/mol. The minimum absolute atomic E-state index is 0.130. The molecule has 1 atom stereocenters. The van der Waals surface area contributed by atoms with Crippen molar-refractivity contribution < 1.29 is 13.6 Å². The lowest BCUT2D eigenvalue weighted by molar-refractivity contribution is -0.132. The first kappa shape index (κ1) is 21.2. The van der Waals surface area contributed by atoms with Gasteiger partial charge in [-0.25, -0.2) is 8.78 Å². The van der Waals surface area contributed by atoms with Gasteiger partial charge in [0, 0.05) is 43.2 Å². The normalized spacial score (nSPS) is 16.3. The zero-order chi connectivity index (χ0) is 21.6. The van der Waals surface area contributed by atoms with Crippen LogP contribution in [0.4, 0.5) is 8.78 Å². The highest BCUT2D eigenvalue weighted by molar-refractivity contribution is 5.76. The maximum Gasteiger partial charge on any atom is 0.222 e. The maximum atomic E-state index is 13.5. The van der Waals surface area contributed by atoms with E-state index in [0.717, 1.165) is 41.9 Å². The van der Waals surface area contributed by atoms with Crippen LogP contribution in [0.3, 0.4) is 0 Å². The molecule has 0 N–H and O–H groups in total. The predicted molar refractivity (Wildman–Crippen MR) is 117 cm³/mol. The molecule has 1 unspecified atom stereocenters. The highest BCUT2D eigenvalue weighted by atomic mass is 19.1. The van der Waals surface area contributed by atoms with Crippen LogP contribution in [0.2, 0.25) is 0 Å². The molecule has 5 heteroatoms. The van der Waals surface area contributed by atoms with Crippen molar-refractivity contribution >= 4 is 5.91 Å². The third-order valence-electron chi connectivity index (χ3n) is 5.84. The van der Waals surface area contributed by atoms with Gasteiger partial charge in [0.1, 0.15) is 11.6 Å². The van der Waals surface area contributed by atoms with E-state index in [4.69, 9.17) is 4.98 Å². The van der Waals surface area contributed by atoms with Crippen LogP contribution < -0.4 is 0 Å². The number of likely N-dealkylation sites (tertiary alicyclic amines) is 1. The Balaban J connectivity index is 1.37. The summed E-state index contributed by atoms with van der Waals surface area (Å²) >= 11 is 0. The van der Waals surface area contributed by atoms with E-state index in [1.54, 1.807) is 18.2 Å². The van der Waals surface area contributed by atoms with E-state index >= 15 is 0 Å². The molecule has 31 heavy (non-hydrogen) atoms. The second-order valence-corrected chi connectivity index (χ2v) is 8.17. The topological polar surface area (TPSA) is 33.2 Å². The molecule has 1 aliphatic rings. The van der Waals surface area contributed by atoms with Crippen molar-refractivity contribution in [1.82, 2.24) is 9.88 Å².